The van der Waals surface area contributed by atoms with Gasteiger partial charge in [-0.15, -0.1) is 11.3 Å². The third-order valence-electron chi connectivity index (χ3n) is 5.47. The van der Waals surface area contributed by atoms with Crippen LogP contribution in [-0.4, -0.2) is 40.9 Å². The SMILES string of the molecule is CCN(CC)c1ccc(/C=C/c2scc3c2OCC(C(O[SiH](C)C)C(C)(C)C)O3)cc1. The molecule has 0 N–H and O–H groups in total. The van der Waals surface area contributed by atoms with E-state index in [-0.39, 0.29) is 17.6 Å². The van der Waals surface area contributed by atoms with Gasteiger partial charge >= 0.3 is 0 Å². The lowest BCUT2D eigenvalue weighted by Gasteiger charge is -2.39. The number of fused-ring (bicyclic) bond motifs is 1. The number of thiophene rings is 1. The minimum absolute atomic E-state index is 0.00114. The van der Waals surface area contributed by atoms with Crippen LogP contribution < -0.4 is 14.4 Å². The number of benzene rings is 1. The van der Waals surface area contributed by atoms with Crippen LogP contribution in [0.25, 0.3) is 12.2 Å². The summed E-state index contributed by atoms with van der Waals surface area (Å²) in [6.07, 6.45) is 4.20. The van der Waals surface area contributed by atoms with E-state index in [4.69, 9.17) is 13.9 Å². The topological polar surface area (TPSA) is 30.9 Å². The highest BCUT2D eigenvalue weighted by molar-refractivity contribution is 7.11. The van der Waals surface area contributed by atoms with Crippen LogP contribution in [0, 0.1) is 5.41 Å². The first-order chi connectivity index (χ1) is 14.7. The fraction of sp³-hybridized carbons (Fsp3) is 0.520. The molecular weight excluding hydrogens is 422 g/mol. The Bertz CT molecular complexity index is 866. The van der Waals surface area contributed by atoms with Gasteiger partial charge < -0.3 is 18.8 Å². The van der Waals surface area contributed by atoms with Crippen LogP contribution >= 0.6 is 11.3 Å². The molecule has 0 saturated carbocycles. The smallest absolute Gasteiger partial charge is 0.179 e. The molecule has 170 valence electrons. The second-order valence-corrected chi connectivity index (χ2v) is 12.6. The Morgan fingerprint density at radius 2 is 1.84 bits per heavy atom. The summed E-state index contributed by atoms with van der Waals surface area (Å²) in [7, 11) is -1.19. The minimum Gasteiger partial charge on any atom is -0.484 e. The average molecular weight is 460 g/mol. The number of hydrogen-bond donors (Lipinski definition) is 0. The van der Waals surface area contributed by atoms with Crippen molar-refractivity contribution in [3.8, 4) is 11.5 Å². The zero-order valence-corrected chi connectivity index (χ0v) is 21.9. The van der Waals surface area contributed by atoms with E-state index in [9.17, 15) is 0 Å². The monoisotopic (exact) mass is 459 g/mol. The summed E-state index contributed by atoms with van der Waals surface area (Å²) in [6.45, 7) is 18.0. The van der Waals surface area contributed by atoms with Gasteiger partial charge in [-0.2, -0.15) is 0 Å². The van der Waals surface area contributed by atoms with Crippen molar-refractivity contribution in [2.45, 2.75) is 59.9 Å². The molecule has 0 fully saturated rings. The molecule has 0 aliphatic carbocycles. The molecule has 1 aliphatic heterocycles. The summed E-state index contributed by atoms with van der Waals surface area (Å²) >= 11 is 1.66. The molecule has 1 aromatic carbocycles. The minimum atomic E-state index is -1.19. The third kappa shape index (κ3) is 5.93. The van der Waals surface area contributed by atoms with Crippen LogP contribution in [0.4, 0.5) is 5.69 Å². The Hall–Kier alpha value is -1.76. The molecule has 2 unspecified atom stereocenters. The molecule has 0 spiro atoms. The van der Waals surface area contributed by atoms with Gasteiger partial charge in [0, 0.05) is 24.2 Å². The van der Waals surface area contributed by atoms with Gasteiger partial charge in [0.1, 0.15) is 6.61 Å². The van der Waals surface area contributed by atoms with Gasteiger partial charge in [0.2, 0.25) is 0 Å². The Morgan fingerprint density at radius 1 is 1.16 bits per heavy atom. The molecule has 0 amide bonds. The van der Waals surface area contributed by atoms with E-state index < -0.39 is 9.04 Å². The molecule has 2 heterocycles. The molecule has 31 heavy (non-hydrogen) atoms. The molecule has 0 bridgehead atoms. The molecule has 1 aromatic heterocycles. The standard InChI is InChI=1S/C25H37NO3SSi/c1-8-26(9-2)19-13-10-18(11-14-19)12-15-22-23-21(17-30-22)28-20(16-27-23)24(25(3,4)5)29-31(6)7/h10-15,17,20,24,31H,8-9,16H2,1-7H3/b15-12+. The highest BCUT2D eigenvalue weighted by Gasteiger charge is 2.38. The van der Waals surface area contributed by atoms with E-state index in [1.165, 1.54) is 11.3 Å². The molecule has 2 aromatic rings. The van der Waals surface area contributed by atoms with Crippen LogP contribution in [0.1, 0.15) is 45.1 Å². The molecule has 1 aliphatic rings. The Morgan fingerprint density at radius 3 is 2.42 bits per heavy atom. The van der Waals surface area contributed by atoms with E-state index in [0.29, 0.717) is 6.61 Å². The molecular formula is C25H37NO3SSi. The predicted octanol–water partition coefficient (Wildman–Crippen LogP) is 6.32. The van der Waals surface area contributed by atoms with E-state index >= 15 is 0 Å². The highest BCUT2D eigenvalue weighted by atomic mass is 32.1. The normalized spacial score (nSPS) is 17.4. The van der Waals surface area contributed by atoms with Crippen molar-refractivity contribution >= 4 is 38.2 Å². The summed E-state index contributed by atoms with van der Waals surface area (Å²) in [5.41, 5.74) is 2.44. The summed E-state index contributed by atoms with van der Waals surface area (Å²) in [5.74, 6) is 1.69. The largest absolute Gasteiger partial charge is 0.484 e. The van der Waals surface area contributed by atoms with Crippen molar-refractivity contribution in [2.75, 3.05) is 24.6 Å². The Kier molecular flexibility index (Phi) is 7.89. The molecule has 3 rings (SSSR count). The zero-order chi connectivity index (χ0) is 22.6. The Balaban J connectivity index is 1.71. The van der Waals surface area contributed by atoms with E-state index in [2.05, 4.69) is 94.4 Å². The second kappa shape index (κ2) is 10.2. The van der Waals surface area contributed by atoms with Crippen molar-refractivity contribution in [2.24, 2.45) is 5.41 Å². The second-order valence-electron chi connectivity index (χ2n) is 9.33. The summed E-state index contributed by atoms with van der Waals surface area (Å²) in [4.78, 5) is 3.44. The molecule has 0 saturated heterocycles. The summed E-state index contributed by atoms with van der Waals surface area (Å²) < 4.78 is 18.9. The summed E-state index contributed by atoms with van der Waals surface area (Å²) in [5, 5.41) is 2.05. The average Bonchev–Trinajstić information content (AvgIpc) is 3.13. The lowest BCUT2D eigenvalue weighted by Crippen LogP contribution is -2.49. The van der Waals surface area contributed by atoms with Gasteiger partial charge in [-0.25, -0.2) is 0 Å². The molecule has 4 nitrogen and oxygen atoms in total. The molecule has 0 radical (unpaired) electrons. The van der Waals surface area contributed by atoms with Crippen LogP contribution in [0.2, 0.25) is 13.1 Å². The van der Waals surface area contributed by atoms with Crippen molar-refractivity contribution in [1.82, 2.24) is 0 Å². The van der Waals surface area contributed by atoms with Crippen molar-refractivity contribution in [3.05, 3.63) is 40.1 Å². The fourth-order valence-electron chi connectivity index (χ4n) is 3.90. The van der Waals surface area contributed by atoms with Crippen LogP contribution in [-0.2, 0) is 4.43 Å². The maximum Gasteiger partial charge on any atom is 0.179 e. The number of nitrogens with zero attached hydrogens (tertiary/aromatic N) is 1. The lowest BCUT2D eigenvalue weighted by molar-refractivity contribution is -0.0469. The van der Waals surface area contributed by atoms with Crippen LogP contribution in [0.5, 0.6) is 11.5 Å². The highest BCUT2D eigenvalue weighted by Crippen LogP contribution is 2.43. The van der Waals surface area contributed by atoms with Crippen molar-refractivity contribution in [1.29, 1.82) is 0 Å². The Labute approximate surface area is 193 Å². The zero-order valence-electron chi connectivity index (χ0n) is 20.0. The number of hydrogen-bond acceptors (Lipinski definition) is 5. The lowest BCUT2D eigenvalue weighted by atomic mass is 9.86. The fourth-order valence-corrected chi connectivity index (χ4v) is 5.88. The maximum atomic E-state index is 6.36. The van der Waals surface area contributed by atoms with Gasteiger partial charge in [0.05, 0.1) is 11.0 Å². The molecule has 6 heteroatoms. The van der Waals surface area contributed by atoms with Gasteiger partial charge in [-0.05, 0) is 56.1 Å². The van der Waals surface area contributed by atoms with Gasteiger partial charge in [0.25, 0.3) is 0 Å². The first kappa shape index (κ1) is 23.9. The first-order valence-electron chi connectivity index (χ1n) is 11.3. The van der Waals surface area contributed by atoms with Gasteiger partial charge in [-0.1, -0.05) is 39.0 Å². The quantitative estimate of drug-likeness (QED) is 0.432. The molecule has 2 atom stereocenters. The van der Waals surface area contributed by atoms with Gasteiger partial charge in [0.15, 0.2) is 26.6 Å². The van der Waals surface area contributed by atoms with E-state index in [1.54, 1.807) is 11.3 Å². The first-order valence-corrected chi connectivity index (χ1v) is 15.0. The van der Waals surface area contributed by atoms with Crippen molar-refractivity contribution < 1.29 is 13.9 Å². The van der Waals surface area contributed by atoms with Gasteiger partial charge in [-0.3, -0.25) is 0 Å². The van der Waals surface area contributed by atoms with Crippen molar-refractivity contribution in [3.63, 3.8) is 0 Å². The maximum absolute atomic E-state index is 6.36. The third-order valence-corrected chi connectivity index (χ3v) is 7.21. The number of ether oxygens (including phenoxy) is 2. The van der Waals surface area contributed by atoms with Crippen LogP contribution in [0.15, 0.2) is 29.6 Å². The van der Waals surface area contributed by atoms with Crippen LogP contribution in [0.3, 0.4) is 0 Å². The number of rotatable bonds is 8. The van der Waals surface area contributed by atoms with E-state index in [0.717, 1.165) is 29.5 Å². The predicted molar refractivity (Wildman–Crippen MR) is 136 cm³/mol. The number of anilines is 1. The summed E-state index contributed by atoms with van der Waals surface area (Å²) in [6, 6.07) is 8.70. The van der Waals surface area contributed by atoms with E-state index in [1.807, 2.05) is 0 Å².